The highest BCUT2D eigenvalue weighted by Gasteiger charge is 2.18. The molecule has 4 aromatic rings. The number of nitrogens with one attached hydrogen (secondary N) is 1. The Morgan fingerprint density at radius 3 is 2.79 bits per heavy atom. The fourth-order valence-corrected chi connectivity index (χ4v) is 3.61. The van der Waals surface area contributed by atoms with Gasteiger partial charge >= 0.3 is 0 Å². The van der Waals surface area contributed by atoms with Crippen molar-refractivity contribution in [3.8, 4) is 0 Å². The van der Waals surface area contributed by atoms with E-state index in [-0.39, 0.29) is 11.9 Å². The van der Waals surface area contributed by atoms with Crippen molar-refractivity contribution in [1.29, 1.82) is 0 Å². The molecule has 0 fully saturated rings. The van der Waals surface area contributed by atoms with Crippen LogP contribution in [0, 0.1) is 0 Å². The molecule has 2 aromatic heterocycles. The second-order valence-electron chi connectivity index (χ2n) is 6.99. The van der Waals surface area contributed by atoms with Crippen LogP contribution in [0.3, 0.4) is 0 Å². The third-order valence-corrected chi connectivity index (χ3v) is 5.13. The highest BCUT2D eigenvalue weighted by atomic mass is 16.5. The van der Waals surface area contributed by atoms with Gasteiger partial charge in [-0.2, -0.15) is 0 Å². The molecule has 1 amide bonds. The molecule has 0 spiro atoms. The predicted molar refractivity (Wildman–Crippen MR) is 110 cm³/mol. The second kappa shape index (κ2) is 7.48. The van der Waals surface area contributed by atoms with E-state index in [1.165, 1.54) is 0 Å². The Bertz CT molecular complexity index is 1140. The van der Waals surface area contributed by atoms with Crippen LogP contribution in [-0.2, 0) is 18.3 Å². The number of aromatic nitrogens is 3. The van der Waals surface area contributed by atoms with E-state index in [4.69, 9.17) is 4.74 Å². The lowest BCUT2D eigenvalue weighted by molar-refractivity contribution is 0.0938. The van der Waals surface area contributed by atoms with Gasteiger partial charge in [-0.25, -0.2) is 4.98 Å². The molecule has 0 saturated heterocycles. The van der Waals surface area contributed by atoms with E-state index in [0.29, 0.717) is 12.2 Å². The minimum absolute atomic E-state index is 0.110. The van der Waals surface area contributed by atoms with E-state index in [1.807, 2.05) is 67.2 Å². The van der Waals surface area contributed by atoms with Crippen molar-refractivity contribution in [2.45, 2.75) is 19.5 Å². The molecule has 2 aromatic carbocycles. The Hall–Kier alpha value is -3.12. The van der Waals surface area contributed by atoms with Gasteiger partial charge in [0.1, 0.15) is 5.82 Å². The maximum absolute atomic E-state index is 12.9. The summed E-state index contributed by atoms with van der Waals surface area (Å²) in [6.07, 6.45) is 2.02. The van der Waals surface area contributed by atoms with Gasteiger partial charge in [-0.1, -0.05) is 18.2 Å². The number of aryl methyl sites for hydroxylation is 1. The van der Waals surface area contributed by atoms with Gasteiger partial charge in [-0.3, -0.25) is 4.79 Å². The molecule has 1 N–H and O–H groups in total. The van der Waals surface area contributed by atoms with Gasteiger partial charge in [-0.15, -0.1) is 0 Å². The van der Waals surface area contributed by atoms with Gasteiger partial charge in [-0.05, 0) is 42.6 Å². The number of carbonyl (C=O) groups excluding carboxylic acids is 1. The fraction of sp³-hybridized carbons (Fsp3) is 0.273. The minimum atomic E-state index is -0.208. The zero-order valence-electron chi connectivity index (χ0n) is 16.3. The van der Waals surface area contributed by atoms with Crippen molar-refractivity contribution < 1.29 is 9.53 Å². The number of hydrogen-bond donors (Lipinski definition) is 1. The summed E-state index contributed by atoms with van der Waals surface area (Å²) < 4.78 is 9.30. The standard InChI is InChI=1S/C22H24N4O2/c1-15(21-24-18-6-4-5-7-19(18)25(21)2)23-22(27)17-9-8-16-10-11-26(12-13-28-3)20(16)14-17/h4-11,14-15H,12-13H2,1-3H3,(H,23,27)/t15-/m1/s1. The number of methoxy groups -OCH3 is 1. The van der Waals surface area contributed by atoms with Gasteiger partial charge in [0.05, 0.1) is 23.7 Å². The lowest BCUT2D eigenvalue weighted by atomic mass is 10.1. The number of carbonyl (C=O) groups is 1. The molecule has 1 atom stereocenters. The van der Waals surface area contributed by atoms with Crippen molar-refractivity contribution in [3.63, 3.8) is 0 Å². The SMILES string of the molecule is COCCn1ccc2ccc(C(=O)N[C@H](C)c3nc4ccccc4n3C)cc21. The maximum atomic E-state index is 12.9. The number of fused-ring (bicyclic) bond motifs is 2. The molecule has 0 saturated carbocycles. The van der Waals surface area contributed by atoms with Gasteiger partial charge < -0.3 is 19.2 Å². The van der Waals surface area contributed by atoms with Gasteiger partial charge in [0.15, 0.2) is 0 Å². The first kappa shape index (κ1) is 18.3. The van der Waals surface area contributed by atoms with Crippen LogP contribution in [0.2, 0.25) is 0 Å². The lowest BCUT2D eigenvalue weighted by Gasteiger charge is -2.14. The quantitative estimate of drug-likeness (QED) is 0.559. The highest BCUT2D eigenvalue weighted by molar-refractivity contribution is 5.98. The molecule has 0 aliphatic rings. The number of benzene rings is 2. The van der Waals surface area contributed by atoms with Crippen molar-refractivity contribution in [1.82, 2.24) is 19.4 Å². The average Bonchev–Trinajstić information content (AvgIpc) is 3.27. The van der Waals surface area contributed by atoms with E-state index in [2.05, 4.69) is 20.9 Å². The van der Waals surface area contributed by atoms with Crippen LogP contribution in [0.1, 0.15) is 29.1 Å². The Morgan fingerprint density at radius 2 is 2.00 bits per heavy atom. The van der Waals surface area contributed by atoms with Gasteiger partial charge in [0, 0.05) is 38.0 Å². The summed E-state index contributed by atoms with van der Waals surface area (Å²) in [5.41, 5.74) is 3.64. The minimum Gasteiger partial charge on any atom is -0.383 e. The number of para-hydroxylation sites is 2. The maximum Gasteiger partial charge on any atom is 0.251 e. The van der Waals surface area contributed by atoms with Crippen molar-refractivity contribution in [2.75, 3.05) is 13.7 Å². The first-order chi connectivity index (χ1) is 13.6. The first-order valence-electron chi connectivity index (χ1n) is 9.38. The predicted octanol–water partition coefficient (Wildman–Crippen LogP) is 3.67. The van der Waals surface area contributed by atoms with Crippen LogP contribution in [0.25, 0.3) is 21.9 Å². The first-order valence-corrected chi connectivity index (χ1v) is 9.38. The van der Waals surface area contributed by atoms with Crippen LogP contribution >= 0.6 is 0 Å². The number of amides is 1. The molecule has 6 heteroatoms. The smallest absolute Gasteiger partial charge is 0.251 e. The normalized spacial score (nSPS) is 12.5. The molecule has 0 aliphatic carbocycles. The van der Waals surface area contributed by atoms with E-state index in [0.717, 1.165) is 34.3 Å². The largest absolute Gasteiger partial charge is 0.383 e. The van der Waals surface area contributed by atoms with Gasteiger partial charge in [0.25, 0.3) is 5.91 Å². The summed E-state index contributed by atoms with van der Waals surface area (Å²) in [6.45, 7) is 3.34. The zero-order chi connectivity index (χ0) is 19.7. The molecule has 4 rings (SSSR count). The number of rotatable bonds is 6. The number of nitrogens with zero attached hydrogens (tertiary/aromatic N) is 3. The number of imidazole rings is 1. The molecular formula is C22H24N4O2. The van der Waals surface area contributed by atoms with Gasteiger partial charge in [0.2, 0.25) is 0 Å². The van der Waals surface area contributed by atoms with Crippen molar-refractivity contribution in [2.24, 2.45) is 7.05 Å². The van der Waals surface area contributed by atoms with E-state index in [9.17, 15) is 4.79 Å². The van der Waals surface area contributed by atoms with E-state index in [1.54, 1.807) is 7.11 Å². The number of hydrogen-bond acceptors (Lipinski definition) is 3. The molecule has 144 valence electrons. The van der Waals surface area contributed by atoms with E-state index < -0.39 is 0 Å². The van der Waals surface area contributed by atoms with Crippen molar-refractivity contribution in [3.05, 3.63) is 66.1 Å². The number of ether oxygens (including phenoxy) is 1. The Balaban J connectivity index is 1.57. The molecule has 0 aliphatic heterocycles. The molecule has 0 unspecified atom stereocenters. The zero-order valence-corrected chi connectivity index (χ0v) is 16.3. The third kappa shape index (κ3) is 3.27. The average molecular weight is 376 g/mol. The fourth-order valence-electron chi connectivity index (χ4n) is 3.61. The molecule has 2 heterocycles. The Morgan fingerprint density at radius 1 is 1.18 bits per heavy atom. The summed E-state index contributed by atoms with van der Waals surface area (Å²) in [5.74, 6) is 0.722. The lowest BCUT2D eigenvalue weighted by Crippen LogP contribution is -2.28. The summed E-state index contributed by atoms with van der Waals surface area (Å²) in [7, 11) is 3.66. The van der Waals surface area contributed by atoms with E-state index >= 15 is 0 Å². The Kier molecular flexibility index (Phi) is 4.88. The van der Waals surface area contributed by atoms with Crippen LogP contribution in [0.15, 0.2) is 54.7 Å². The third-order valence-electron chi connectivity index (χ3n) is 5.13. The van der Waals surface area contributed by atoms with Crippen LogP contribution < -0.4 is 5.32 Å². The summed E-state index contributed by atoms with van der Waals surface area (Å²) in [5, 5.41) is 4.19. The summed E-state index contributed by atoms with van der Waals surface area (Å²) >= 11 is 0. The Labute approximate surface area is 163 Å². The summed E-state index contributed by atoms with van der Waals surface area (Å²) in [4.78, 5) is 17.5. The monoisotopic (exact) mass is 376 g/mol. The summed E-state index contributed by atoms with van der Waals surface area (Å²) in [6, 6.07) is 15.6. The van der Waals surface area contributed by atoms with Crippen LogP contribution in [0.5, 0.6) is 0 Å². The second-order valence-corrected chi connectivity index (χ2v) is 6.99. The van der Waals surface area contributed by atoms with Crippen molar-refractivity contribution >= 4 is 27.8 Å². The van der Waals surface area contributed by atoms with Crippen LogP contribution in [0.4, 0.5) is 0 Å². The molecule has 28 heavy (non-hydrogen) atoms. The molecule has 0 radical (unpaired) electrons. The molecule has 6 nitrogen and oxygen atoms in total. The van der Waals surface area contributed by atoms with Crippen LogP contribution in [-0.4, -0.2) is 33.7 Å². The molecular weight excluding hydrogens is 352 g/mol. The highest BCUT2D eigenvalue weighted by Crippen LogP contribution is 2.21. The molecule has 0 bridgehead atoms. The topological polar surface area (TPSA) is 61.1 Å².